The largest absolute Gasteiger partial charge is 0.333 e. The van der Waals surface area contributed by atoms with E-state index in [-0.39, 0.29) is 5.91 Å². The fraction of sp³-hybridized carbons (Fsp3) is 0.765. The number of aromatic amines is 1. The Morgan fingerprint density at radius 3 is 2.59 bits per heavy atom. The van der Waals surface area contributed by atoms with Crippen LogP contribution in [0.5, 0.6) is 0 Å². The number of aryl methyl sites for hydroxylation is 1. The van der Waals surface area contributed by atoms with Crippen LogP contribution < -0.4 is 0 Å². The summed E-state index contributed by atoms with van der Waals surface area (Å²) in [4.78, 5) is 17.7. The van der Waals surface area contributed by atoms with Gasteiger partial charge in [0.2, 0.25) is 0 Å². The Morgan fingerprint density at radius 1 is 1.00 bits per heavy atom. The number of rotatable bonds is 1. The quantitative estimate of drug-likeness (QED) is 0.863. The summed E-state index contributed by atoms with van der Waals surface area (Å²) in [6.45, 7) is 4.18. The maximum atomic E-state index is 13.1. The molecule has 3 saturated heterocycles. The Hall–Kier alpha value is -1.36. The summed E-state index contributed by atoms with van der Waals surface area (Å²) in [5, 5.41) is 7.60. The van der Waals surface area contributed by atoms with E-state index in [4.69, 9.17) is 0 Å². The van der Waals surface area contributed by atoms with Gasteiger partial charge in [0.1, 0.15) is 0 Å². The molecule has 1 aromatic heterocycles. The van der Waals surface area contributed by atoms with Crippen LogP contribution in [0.2, 0.25) is 0 Å². The van der Waals surface area contributed by atoms with Crippen molar-refractivity contribution >= 4 is 5.91 Å². The minimum Gasteiger partial charge on any atom is -0.333 e. The number of nitrogens with zero attached hydrogens (tertiary/aromatic N) is 3. The lowest BCUT2D eigenvalue weighted by molar-refractivity contribution is 0.0677. The highest BCUT2D eigenvalue weighted by atomic mass is 16.2. The van der Waals surface area contributed by atoms with Gasteiger partial charge in [-0.1, -0.05) is 12.8 Å². The van der Waals surface area contributed by atoms with Crippen molar-refractivity contribution in [2.45, 2.75) is 57.4 Å². The van der Waals surface area contributed by atoms with Crippen molar-refractivity contribution in [1.29, 1.82) is 0 Å². The lowest BCUT2D eigenvalue weighted by Gasteiger charge is -2.31. The zero-order valence-corrected chi connectivity index (χ0v) is 13.3. The number of amides is 1. The van der Waals surface area contributed by atoms with Gasteiger partial charge < -0.3 is 9.80 Å². The van der Waals surface area contributed by atoms with Gasteiger partial charge in [0.05, 0.1) is 0 Å². The van der Waals surface area contributed by atoms with E-state index in [9.17, 15) is 4.79 Å². The highest BCUT2D eigenvalue weighted by Gasteiger charge is 2.34. The summed E-state index contributed by atoms with van der Waals surface area (Å²) >= 11 is 0. The molecule has 3 fully saturated rings. The average Bonchev–Trinajstić information content (AvgIpc) is 2.70. The first-order valence-electron chi connectivity index (χ1n) is 8.92. The number of H-pyrrole nitrogens is 1. The number of piperidine rings is 1. The number of carbonyl (C=O) groups is 1. The van der Waals surface area contributed by atoms with Crippen molar-refractivity contribution in [2.75, 3.05) is 26.2 Å². The summed E-state index contributed by atoms with van der Waals surface area (Å²) in [7, 11) is 0. The maximum Gasteiger partial charge on any atom is 0.274 e. The highest BCUT2D eigenvalue weighted by Crippen LogP contribution is 2.26. The van der Waals surface area contributed by atoms with Gasteiger partial charge in [-0.25, -0.2) is 0 Å². The van der Waals surface area contributed by atoms with Gasteiger partial charge in [0.15, 0.2) is 5.69 Å². The van der Waals surface area contributed by atoms with Crippen LogP contribution in [0.1, 0.15) is 60.3 Å². The van der Waals surface area contributed by atoms with Gasteiger partial charge in [-0.3, -0.25) is 9.89 Å². The fourth-order valence-electron chi connectivity index (χ4n) is 4.30. The molecule has 0 radical (unpaired) electrons. The van der Waals surface area contributed by atoms with E-state index >= 15 is 0 Å². The van der Waals surface area contributed by atoms with Gasteiger partial charge in [-0.15, -0.1) is 0 Å². The first-order valence-corrected chi connectivity index (χ1v) is 8.92. The Labute approximate surface area is 132 Å². The lowest BCUT2D eigenvalue weighted by atomic mass is 9.96. The molecule has 4 heterocycles. The van der Waals surface area contributed by atoms with Crippen LogP contribution in [0.15, 0.2) is 0 Å². The number of fused-ring (bicyclic) bond motifs is 5. The van der Waals surface area contributed by atoms with Crippen molar-refractivity contribution in [3.8, 4) is 0 Å². The van der Waals surface area contributed by atoms with E-state index in [1.807, 2.05) is 0 Å². The Balaban J connectivity index is 1.59. The molecule has 120 valence electrons. The predicted molar refractivity (Wildman–Crippen MR) is 85.0 cm³/mol. The van der Waals surface area contributed by atoms with Crippen LogP contribution in [0, 0.1) is 0 Å². The molecule has 1 N–H and O–H groups in total. The maximum absolute atomic E-state index is 13.1. The first kappa shape index (κ1) is 14.2. The third-order valence-electron chi connectivity index (χ3n) is 5.67. The van der Waals surface area contributed by atoms with Gasteiger partial charge in [0.25, 0.3) is 5.91 Å². The smallest absolute Gasteiger partial charge is 0.274 e. The summed E-state index contributed by atoms with van der Waals surface area (Å²) in [5.74, 6) is 0.173. The SMILES string of the molecule is O=C(c1n[nH]c2c1CCCCCC2)N1CCN2CCC1CC2. The van der Waals surface area contributed by atoms with Crippen molar-refractivity contribution in [3.63, 3.8) is 0 Å². The molecule has 2 bridgehead atoms. The van der Waals surface area contributed by atoms with Gasteiger partial charge in [-0.05, 0) is 38.5 Å². The van der Waals surface area contributed by atoms with E-state index in [0.717, 1.165) is 57.6 Å². The summed E-state index contributed by atoms with van der Waals surface area (Å²) in [6, 6.07) is 0.423. The molecule has 3 aliphatic heterocycles. The minimum atomic E-state index is 0.173. The Bertz CT molecular complexity index is 545. The van der Waals surface area contributed by atoms with Gasteiger partial charge >= 0.3 is 0 Å². The van der Waals surface area contributed by atoms with Crippen molar-refractivity contribution in [3.05, 3.63) is 17.0 Å². The molecule has 1 aromatic rings. The predicted octanol–water partition coefficient (Wildman–Crippen LogP) is 1.99. The fourth-order valence-corrected chi connectivity index (χ4v) is 4.30. The topological polar surface area (TPSA) is 52.2 Å². The summed E-state index contributed by atoms with van der Waals surface area (Å²) in [5.41, 5.74) is 3.15. The molecule has 0 unspecified atom stereocenters. The van der Waals surface area contributed by atoms with E-state index in [1.54, 1.807) is 0 Å². The molecular formula is C17H26N4O. The molecule has 22 heavy (non-hydrogen) atoms. The molecule has 4 aliphatic rings. The van der Waals surface area contributed by atoms with Crippen LogP contribution in [-0.4, -0.2) is 58.1 Å². The number of hydrogen-bond acceptors (Lipinski definition) is 3. The van der Waals surface area contributed by atoms with E-state index in [1.165, 1.54) is 36.9 Å². The van der Waals surface area contributed by atoms with Crippen molar-refractivity contribution < 1.29 is 4.79 Å². The molecular weight excluding hydrogens is 276 g/mol. The average molecular weight is 302 g/mol. The van der Waals surface area contributed by atoms with Crippen LogP contribution in [0.3, 0.4) is 0 Å². The third kappa shape index (κ3) is 2.56. The molecule has 0 saturated carbocycles. The summed E-state index contributed by atoms with van der Waals surface area (Å²) < 4.78 is 0. The second-order valence-electron chi connectivity index (χ2n) is 7.01. The van der Waals surface area contributed by atoms with Crippen molar-refractivity contribution in [1.82, 2.24) is 20.0 Å². The monoisotopic (exact) mass is 302 g/mol. The van der Waals surface area contributed by atoms with E-state index in [2.05, 4.69) is 20.0 Å². The first-order chi connectivity index (χ1) is 10.8. The van der Waals surface area contributed by atoms with Crippen LogP contribution in [0.25, 0.3) is 0 Å². The minimum absolute atomic E-state index is 0.173. The number of carbonyl (C=O) groups excluding carboxylic acids is 1. The van der Waals surface area contributed by atoms with Crippen molar-refractivity contribution in [2.24, 2.45) is 0 Å². The zero-order chi connectivity index (χ0) is 14.9. The second kappa shape index (κ2) is 6.03. The van der Waals surface area contributed by atoms with E-state index < -0.39 is 0 Å². The molecule has 5 nitrogen and oxygen atoms in total. The summed E-state index contributed by atoms with van der Waals surface area (Å²) in [6.07, 6.45) is 9.28. The van der Waals surface area contributed by atoms with Crippen LogP contribution >= 0.6 is 0 Å². The standard InChI is InChI=1S/C17H26N4O/c22-17(21-12-11-20-9-7-13(21)8-10-20)16-14-5-3-1-2-4-6-15(14)18-19-16/h13H,1-12H2,(H,18,19). The third-order valence-corrected chi connectivity index (χ3v) is 5.67. The zero-order valence-electron chi connectivity index (χ0n) is 13.3. The Morgan fingerprint density at radius 2 is 1.77 bits per heavy atom. The number of nitrogens with one attached hydrogen (secondary N) is 1. The van der Waals surface area contributed by atoms with Crippen LogP contribution in [-0.2, 0) is 12.8 Å². The molecule has 0 atom stereocenters. The normalized spacial score (nSPS) is 28.6. The molecule has 0 spiro atoms. The van der Waals surface area contributed by atoms with Gasteiger partial charge in [0, 0.05) is 43.5 Å². The second-order valence-corrected chi connectivity index (χ2v) is 7.01. The number of hydrogen-bond donors (Lipinski definition) is 1. The van der Waals surface area contributed by atoms with Crippen LogP contribution in [0.4, 0.5) is 0 Å². The highest BCUT2D eigenvalue weighted by molar-refractivity contribution is 5.94. The number of aromatic nitrogens is 2. The molecule has 5 rings (SSSR count). The van der Waals surface area contributed by atoms with E-state index in [0.29, 0.717) is 6.04 Å². The molecule has 1 aliphatic carbocycles. The molecule has 5 heteroatoms. The van der Waals surface area contributed by atoms with Gasteiger partial charge in [-0.2, -0.15) is 5.10 Å². The molecule has 0 aromatic carbocycles. The Kier molecular flexibility index (Phi) is 3.90. The molecule has 1 amide bonds. The lowest BCUT2D eigenvalue weighted by Crippen LogP contribution is -2.42.